The van der Waals surface area contributed by atoms with Crippen LogP contribution < -0.4 is 0 Å². The van der Waals surface area contributed by atoms with Gasteiger partial charge in [-0.25, -0.2) is 4.98 Å². The highest BCUT2D eigenvalue weighted by atomic mass is 16.2. The molecule has 2 saturated heterocycles. The molecule has 1 atom stereocenters. The molecule has 0 unspecified atom stereocenters. The maximum absolute atomic E-state index is 12.3. The van der Waals surface area contributed by atoms with E-state index >= 15 is 0 Å². The Morgan fingerprint density at radius 1 is 1.07 bits per heavy atom. The molecule has 0 aliphatic carbocycles. The molecule has 2 aliphatic rings. The maximum Gasteiger partial charge on any atom is 0.223 e. The van der Waals surface area contributed by atoms with Gasteiger partial charge in [-0.05, 0) is 37.8 Å². The highest BCUT2D eigenvalue weighted by Crippen LogP contribution is 2.26. The zero-order chi connectivity index (χ0) is 18.5. The van der Waals surface area contributed by atoms with E-state index in [1.54, 1.807) is 0 Å². The number of rotatable bonds is 6. The number of piperidine rings is 1. The van der Waals surface area contributed by atoms with Crippen molar-refractivity contribution in [2.24, 2.45) is 0 Å². The molecule has 1 amide bonds. The number of hydrogen-bond acceptors (Lipinski definition) is 3. The van der Waals surface area contributed by atoms with Crippen LogP contribution in [0.2, 0.25) is 0 Å². The first-order valence-corrected chi connectivity index (χ1v) is 10.3. The second-order valence-corrected chi connectivity index (χ2v) is 7.88. The Balaban J connectivity index is 1.34. The van der Waals surface area contributed by atoms with Gasteiger partial charge in [0.15, 0.2) is 0 Å². The van der Waals surface area contributed by atoms with Crippen molar-refractivity contribution in [1.82, 2.24) is 19.4 Å². The number of benzene rings is 1. The zero-order valence-corrected chi connectivity index (χ0v) is 16.1. The van der Waals surface area contributed by atoms with Gasteiger partial charge >= 0.3 is 0 Å². The van der Waals surface area contributed by atoms with Gasteiger partial charge in [-0.15, -0.1) is 0 Å². The molecule has 2 fully saturated rings. The predicted molar refractivity (Wildman–Crippen MR) is 107 cm³/mol. The van der Waals surface area contributed by atoms with Crippen molar-refractivity contribution in [2.75, 3.05) is 32.7 Å². The summed E-state index contributed by atoms with van der Waals surface area (Å²) < 4.78 is 2.29. The molecule has 0 radical (unpaired) electrons. The van der Waals surface area contributed by atoms with E-state index in [9.17, 15) is 4.79 Å². The number of imidazole rings is 1. The molecule has 5 heteroatoms. The summed E-state index contributed by atoms with van der Waals surface area (Å²) in [5, 5.41) is 0. The van der Waals surface area contributed by atoms with E-state index in [1.165, 1.54) is 37.1 Å². The second-order valence-electron chi connectivity index (χ2n) is 7.88. The largest absolute Gasteiger partial charge is 0.343 e. The highest BCUT2D eigenvalue weighted by molar-refractivity contribution is 5.76. The van der Waals surface area contributed by atoms with Crippen molar-refractivity contribution in [2.45, 2.75) is 44.6 Å². The lowest BCUT2D eigenvalue weighted by molar-refractivity contribution is -0.130. The van der Waals surface area contributed by atoms with Gasteiger partial charge < -0.3 is 14.4 Å². The van der Waals surface area contributed by atoms with Gasteiger partial charge in [-0.2, -0.15) is 0 Å². The van der Waals surface area contributed by atoms with Gasteiger partial charge in [0, 0.05) is 57.5 Å². The van der Waals surface area contributed by atoms with E-state index in [0.29, 0.717) is 18.2 Å². The Kier molecular flexibility index (Phi) is 5.87. The predicted octanol–water partition coefficient (Wildman–Crippen LogP) is 3.12. The summed E-state index contributed by atoms with van der Waals surface area (Å²) in [6, 6.07) is 10.6. The minimum atomic E-state index is 0.334. The van der Waals surface area contributed by atoms with Gasteiger partial charge in [0.1, 0.15) is 5.82 Å². The third kappa shape index (κ3) is 4.59. The topological polar surface area (TPSA) is 41.4 Å². The third-order valence-corrected chi connectivity index (χ3v) is 5.91. The number of likely N-dealkylation sites (tertiary alicyclic amines) is 2. The van der Waals surface area contributed by atoms with Gasteiger partial charge in [0.05, 0.1) is 0 Å². The van der Waals surface area contributed by atoms with Gasteiger partial charge in [0.25, 0.3) is 0 Å². The first-order valence-electron chi connectivity index (χ1n) is 10.3. The second kappa shape index (κ2) is 8.70. The summed E-state index contributed by atoms with van der Waals surface area (Å²) >= 11 is 0. The number of carbonyl (C=O) groups is 1. The number of amides is 1. The highest BCUT2D eigenvalue weighted by Gasteiger charge is 2.26. The molecule has 5 nitrogen and oxygen atoms in total. The van der Waals surface area contributed by atoms with Crippen LogP contribution in [0.1, 0.15) is 49.4 Å². The lowest BCUT2D eigenvalue weighted by atomic mass is 9.97. The van der Waals surface area contributed by atoms with E-state index in [0.717, 1.165) is 39.3 Å². The summed E-state index contributed by atoms with van der Waals surface area (Å²) in [6.07, 6.45) is 9.38. The van der Waals surface area contributed by atoms with Crippen LogP contribution >= 0.6 is 0 Å². The molecule has 0 N–H and O–H groups in total. The first-order chi connectivity index (χ1) is 13.3. The molecule has 1 aromatic carbocycles. The quantitative estimate of drug-likeness (QED) is 0.789. The molecule has 2 aromatic rings. The molecule has 1 aromatic heterocycles. The number of nitrogens with zero attached hydrogens (tertiary/aromatic N) is 4. The average molecular weight is 367 g/mol. The fourth-order valence-corrected chi connectivity index (χ4v) is 4.44. The van der Waals surface area contributed by atoms with Crippen LogP contribution in [0.15, 0.2) is 42.7 Å². The van der Waals surface area contributed by atoms with Crippen molar-refractivity contribution in [1.29, 1.82) is 0 Å². The SMILES string of the molecule is O=C(CCN1CCC[C@H](c2nccn2Cc2ccccc2)C1)N1CCCC1. The Morgan fingerprint density at radius 3 is 2.70 bits per heavy atom. The number of carbonyl (C=O) groups excluding carboxylic acids is 1. The van der Waals surface area contributed by atoms with Gasteiger partial charge in [0.2, 0.25) is 5.91 Å². The Morgan fingerprint density at radius 2 is 1.89 bits per heavy atom. The van der Waals surface area contributed by atoms with Gasteiger partial charge in [-0.1, -0.05) is 30.3 Å². The smallest absolute Gasteiger partial charge is 0.223 e. The number of hydrogen-bond donors (Lipinski definition) is 0. The van der Waals surface area contributed by atoms with Crippen LogP contribution in [0.4, 0.5) is 0 Å². The van der Waals surface area contributed by atoms with E-state index in [1.807, 2.05) is 11.1 Å². The fourth-order valence-electron chi connectivity index (χ4n) is 4.44. The third-order valence-electron chi connectivity index (χ3n) is 5.91. The minimum absolute atomic E-state index is 0.334. The zero-order valence-electron chi connectivity index (χ0n) is 16.1. The van der Waals surface area contributed by atoms with Crippen LogP contribution in [0.25, 0.3) is 0 Å². The molecule has 2 aliphatic heterocycles. The molecule has 4 rings (SSSR count). The summed E-state index contributed by atoms with van der Waals surface area (Å²) in [6.45, 7) is 5.78. The van der Waals surface area contributed by atoms with E-state index in [4.69, 9.17) is 0 Å². The molecule has 27 heavy (non-hydrogen) atoms. The van der Waals surface area contributed by atoms with Crippen molar-refractivity contribution in [3.05, 3.63) is 54.1 Å². The van der Waals surface area contributed by atoms with Gasteiger partial charge in [-0.3, -0.25) is 4.79 Å². The standard InChI is InChI=1S/C22H30N4O/c27-21(25-13-4-5-14-25)10-15-24-12-6-9-20(18-24)22-23-11-16-26(22)17-19-7-2-1-3-8-19/h1-3,7-8,11,16,20H,4-6,9-10,12-15,17-18H2/t20-/m0/s1. The summed E-state index contributed by atoms with van der Waals surface area (Å²) in [7, 11) is 0. The molecule has 0 saturated carbocycles. The Bertz CT molecular complexity index is 736. The van der Waals surface area contributed by atoms with Crippen LogP contribution in [0.3, 0.4) is 0 Å². The Hall–Kier alpha value is -2.14. The number of aromatic nitrogens is 2. The monoisotopic (exact) mass is 366 g/mol. The molecule has 144 valence electrons. The molecular weight excluding hydrogens is 336 g/mol. The van der Waals surface area contributed by atoms with E-state index in [-0.39, 0.29) is 0 Å². The van der Waals surface area contributed by atoms with Crippen LogP contribution in [0, 0.1) is 0 Å². The lowest BCUT2D eigenvalue weighted by Crippen LogP contribution is -2.38. The van der Waals surface area contributed by atoms with Crippen molar-refractivity contribution >= 4 is 5.91 Å². The van der Waals surface area contributed by atoms with Crippen LogP contribution in [-0.4, -0.2) is 58.0 Å². The summed E-state index contributed by atoms with van der Waals surface area (Å²) in [5.41, 5.74) is 1.31. The molecule has 0 spiro atoms. The maximum atomic E-state index is 12.3. The van der Waals surface area contributed by atoms with E-state index < -0.39 is 0 Å². The lowest BCUT2D eigenvalue weighted by Gasteiger charge is -2.32. The van der Waals surface area contributed by atoms with Crippen molar-refractivity contribution < 1.29 is 4.79 Å². The summed E-state index contributed by atoms with van der Waals surface area (Å²) in [5.74, 6) is 1.98. The summed E-state index contributed by atoms with van der Waals surface area (Å²) in [4.78, 5) is 21.5. The van der Waals surface area contributed by atoms with E-state index in [2.05, 4.69) is 51.0 Å². The van der Waals surface area contributed by atoms with Crippen molar-refractivity contribution in [3.63, 3.8) is 0 Å². The molecular formula is C22H30N4O. The first kappa shape index (κ1) is 18.2. The fraction of sp³-hybridized carbons (Fsp3) is 0.545. The van der Waals surface area contributed by atoms with Crippen LogP contribution in [0.5, 0.6) is 0 Å². The van der Waals surface area contributed by atoms with Crippen LogP contribution in [-0.2, 0) is 11.3 Å². The Labute approximate surface area is 162 Å². The van der Waals surface area contributed by atoms with Crippen molar-refractivity contribution in [3.8, 4) is 0 Å². The average Bonchev–Trinajstić information content (AvgIpc) is 3.39. The minimum Gasteiger partial charge on any atom is -0.343 e. The normalized spacial score (nSPS) is 20.9. The molecule has 0 bridgehead atoms. The molecule has 3 heterocycles.